The van der Waals surface area contributed by atoms with Gasteiger partial charge in [-0.2, -0.15) is 0 Å². The van der Waals surface area contributed by atoms with Gasteiger partial charge < -0.3 is 15.7 Å². The summed E-state index contributed by atoms with van der Waals surface area (Å²) < 4.78 is 0. The van der Waals surface area contributed by atoms with E-state index in [-0.39, 0.29) is 17.8 Å². The van der Waals surface area contributed by atoms with Crippen LogP contribution in [0.3, 0.4) is 0 Å². The Morgan fingerprint density at radius 1 is 1.35 bits per heavy atom. The van der Waals surface area contributed by atoms with Gasteiger partial charge in [0.05, 0.1) is 4.92 Å². The van der Waals surface area contributed by atoms with E-state index in [0.717, 1.165) is 25.7 Å². The molecule has 1 heterocycles. The first kappa shape index (κ1) is 14.0. The third-order valence-corrected chi connectivity index (χ3v) is 3.41. The molecule has 1 aromatic rings. The Morgan fingerprint density at radius 3 is 2.60 bits per heavy atom. The molecule has 8 heteroatoms. The Labute approximate surface area is 115 Å². The van der Waals surface area contributed by atoms with Crippen LogP contribution in [0.15, 0.2) is 18.5 Å². The minimum Gasteiger partial charge on any atom is -0.465 e. The summed E-state index contributed by atoms with van der Waals surface area (Å²) in [6.45, 7) is 0. The third kappa shape index (κ3) is 3.56. The van der Waals surface area contributed by atoms with Crippen molar-refractivity contribution in [2.75, 3.05) is 5.32 Å². The molecule has 8 nitrogen and oxygen atoms in total. The fraction of sp³-hybridized carbons (Fsp3) is 0.500. The van der Waals surface area contributed by atoms with Crippen molar-refractivity contribution in [3.63, 3.8) is 0 Å². The van der Waals surface area contributed by atoms with Crippen LogP contribution in [0.5, 0.6) is 0 Å². The molecule has 108 valence electrons. The molecule has 0 aliphatic heterocycles. The second-order valence-electron chi connectivity index (χ2n) is 4.79. The van der Waals surface area contributed by atoms with Crippen LogP contribution in [-0.2, 0) is 0 Å². The highest BCUT2D eigenvalue weighted by Gasteiger charge is 2.24. The van der Waals surface area contributed by atoms with Crippen molar-refractivity contribution in [1.82, 2.24) is 10.3 Å². The van der Waals surface area contributed by atoms with Crippen molar-refractivity contribution in [1.29, 1.82) is 0 Å². The minimum atomic E-state index is -1.01. The molecule has 0 spiro atoms. The zero-order chi connectivity index (χ0) is 14.5. The molecule has 0 unspecified atom stereocenters. The van der Waals surface area contributed by atoms with Gasteiger partial charge in [0.25, 0.3) is 0 Å². The lowest BCUT2D eigenvalue weighted by molar-refractivity contribution is -0.384. The standard InChI is InChI=1S/C12H16N4O4/c17-12(18)15-9-3-1-8(2-4-9)14-10-5-6-13-7-11(10)16(19)20/h5-9,15H,1-4H2,(H,13,14)(H,17,18). The molecule has 1 saturated carbocycles. The van der Waals surface area contributed by atoms with E-state index in [1.807, 2.05) is 0 Å². The summed E-state index contributed by atoms with van der Waals surface area (Å²) >= 11 is 0. The smallest absolute Gasteiger partial charge is 0.404 e. The highest BCUT2D eigenvalue weighted by molar-refractivity contribution is 5.64. The molecule has 20 heavy (non-hydrogen) atoms. The number of hydrogen-bond donors (Lipinski definition) is 3. The van der Waals surface area contributed by atoms with E-state index in [4.69, 9.17) is 5.11 Å². The molecular formula is C12H16N4O4. The Balaban J connectivity index is 1.93. The molecule has 1 amide bonds. The average molecular weight is 280 g/mol. The van der Waals surface area contributed by atoms with Crippen molar-refractivity contribution in [3.05, 3.63) is 28.6 Å². The molecule has 1 aliphatic rings. The number of aromatic nitrogens is 1. The van der Waals surface area contributed by atoms with Crippen LogP contribution < -0.4 is 10.6 Å². The first-order valence-electron chi connectivity index (χ1n) is 6.40. The number of hydrogen-bond acceptors (Lipinski definition) is 5. The first-order valence-corrected chi connectivity index (χ1v) is 6.40. The minimum absolute atomic E-state index is 0.0297. The fourth-order valence-corrected chi connectivity index (χ4v) is 2.43. The summed E-state index contributed by atoms with van der Waals surface area (Å²) in [6, 6.07) is 1.67. The van der Waals surface area contributed by atoms with Gasteiger partial charge in [-0.15, -0.1) is 0 Å². The molecule has 1 aromatic heterocycles. The number of rotatable bonds is 4. The molecule has 0 aromatic carbocycles. The predicted octanol–water partition coefficient (Wildman–Crippen LogP) is 1.98. The molecule has 0 bridgehead atoms. The number of amides is 1. The van der Waals surface area contributed by atoms with Gasteiger partial charge in [0.15, 0.2) is 0 Å². The van der Waals surface area contributed by atoms with Crippen molar-refractivity contribution >= 4 is 17.5 Å². The van der Waals surface area contributed by atoms with Crippen LogP contribution in [0.4, 0.5) is 16.2 Å². The lowest BCUT2D eigenvalue weighted by atomic mass is 9.91. The van der Waals surface area contributed by atoms with Crippen molar-refractivity contribution < 1.29 is 14.8 Å². The fourth-order valence-electron chi connectivity index (χ4n) is 2.43. The van der Waals surface area contributed by atoms with E-state index in [0.29, 0.717) is 5.69 Å². The normalized spacial score (nSPS) is 22.0. The van der Waals surface area contributed by atoms with Gasteiger partial charge in [0.1, 0.15) is 11.9 Å². The zero-order valence-corrected chi connectivity index (χ0v) is 10.8. The maximum Gasteiger partial charge on any atom is 0.404 e. The lowest BCUT2D eigenvalue weighted by Crippen LogP contribution is -2.39. The number of carbonyl (C=O) groups is 1. The monoisotopic (exact) mass is 280 g/mol. The van der Waals surface area contributed by atoms with Gasteiger partial charge >= 0.3 is 11.8 Å². The van der Waals surface area contributed by atoms with Gasteiger partial charge in [-0.25, -0.2) is 4.79 Å². The number of nitrogens with zero attached hydrogens (tertiary/aromatic N) is 2. The van der Waals surface area contributed by atoms with E-state index < -0.39 is 11.0 Å². The zero-order valence-electron chi connectivity index (χ0n) is 10.8. The van der Waals surface area contributed by atoms with Crippen molar-refractivity contribution in [2.45, 2.75) is 37.8 Å². The molecule has 2 rings (SSSR count). The number of pyridine rings is 1. The SMILES string of the molecule is O=C(O)NC1CCC(Nc2ccncc2[N+](=O)[O-])CC1. The molecule has 0 radical (unpaired) electrons. The van der Waals surface area contributed by atoms with Crippen LogP contribution in [0, 0.1) is 10.1 Å². The predicted molar refractivity (Wildman–Crippen MR) is 71.7 cm³/mol. The van der Waals surface area contributed by atoms with E-state index in [1.165, 1.54) is 12.4 Å². The van der Waals surface area contributed by atoms with Gasteiger partial charge in [-0.3, -0.25) is 15.1 Å². The highest BCUT2D eigenvalue weighted by Crippen LogP contribution is 2.27. The third-order valence-electron chi connectivity index (χ3n) is 3.41. The van der Waals surface area contributed by atoms with E-state index in [2.05, 4.69) is 15.6 Å². The summed E-state index contributed by atoms with van der Waals surface area (Å²) in [4.78, 5) is 24.7. The van der Waals surface area contributed by atoms with Crippen LogP contribution >= 0.6 is 0 Å². The van der Waals surface area contributed by atoms with Crippen LogP contribution in [0.25, 0.3) is 0 Å². The second-order valence-corrected chi connectivity index (χ2v) is 4.79. The topological polar surface area (TPSA) is 117 Å². The number of anilines is 1. The lowest BCUT2D eigenvalue weighted by Gasteiger charge is -2.29. The van der Waals surface area contributed by atoms with E-state index in [9.17, 15) is 14.9 Å². The number of nitro groups is 1. The Morgan fingerprint density at radius 2 is 2.00 bits per heavy atom. The summed E-state index contributed by atoms with van der Waals surface area (Å²) in [7, 11) is 0. The molecule has 3 N–H and O–H groups in total. The molecule has 0 saturated heterocycles. The Hall–Kier alpha value is -2.38. The van der Waals surface area contributed by atoms with Crippen LogP contribution in [-0.4, -0.2) is 33.2 Å². The Bertz CT molecular complexity index is 500. The summed E-state index contributed by atoms with van der Waals surface area (Å²) in [5.74, 6) is 0. The quantitative estimate of drug-likeness (QED) is 0.573. The van der Waals surface area contributed by atoms with Gasteiger partial charge in [0, 0.05) is 18.3 Å². The average Bonchev–Trinajstić information content (AvgIpc) is 2.41. The largest absolute Gasteiger partial charge is 0.465 e. The van der Waals surface area contributed by atoms with Crippen molar-refractivity contribution in [3.8, 4) is 0 Å². The van der Waals surface area contributed by atoms with E-state index >= 15 is 0 Å². The van der Waals surface area contributed by atoms with Crippen LogP contribution in [0.2, 0.25) is 0 Å². The van der Waals surface area contributed by atoms with Gasteiger partial charge in [0.2, 0.25) is 0 Å². The summed E-state index contributed by atoms with van der Waals surface area (Å²) in [5, 5.41) is 25.2. The number of nitrogens with one attached hydrogen (secondary N) is 2. The molecule has 1 aliphatic carbocycles. The van der Waals surface area contributed by atoms with Gasteiger partial charge in [-0.05, 0) is 31.7 Å². The first-order chi connectivity index (χ1) is 9.56. The van der Waals surface area contributed by atoms with Gasteiger partial charge in [-0.1, -0.05) is 0 Å². The molecule has 1 fully saturated rings. The van der Waals surface area contributed by atoms with E-state index in [1.54, 1.807) is 6.07 Å². The van der Waals surface area contributed by atoms with Crippen LogP contribution in [0.1, 0.15) is 25.7 Å². The molecule has 0 atom stereocenters. The number of carboxylic acid groups (broad SMARTS) is 1. The second kappa shape index (κ2) is 6.18. The Kier molecular flexibility index (Phi) is 4.34. The maximum atomic E-state index is 10.9. The maximum absolute atomic E-state index is 10.9. The summed E-state index contributed by atoms with van der Waals surface area (Å²) in [6.07, 6.45) is 4.71. The summed E-state index contributed by atoms with van der Waals surface area (Å²) in [5.41, 5.74) is 0.415. The van der Waals surface area contributed by atoms with Crippen molar-refractivity contribution in [2.24, 2.45) is 0 Å². The highest BCUT2D eigenvalue weighted by atomic mass is 16.6. The molecular weight excluding hydrogens is 264 g/mol.